The maximum Gasteiger partial charge on any atom is 0.328 e. The summed E-state index contributed by atoms with van der Waals surface area (Å²) in [7, 11) is 1.35. The average molecular weight is 613 g/mol. The van der Waals surface area contributed by atoms with Crippen molar-refractivity contribution in [1.29, 1.82) is 0 Å². The second-order valence-corrected chi connectivity index (χ2v) is 10.7. The van der Waals surface area contributed by atoms with Gasteiger partial charge in [-0.25, -0.2) is 4.79 Å². The molecule has 4 aromatic rings. The Morgan fingerprint density at radius 2 is 1.55 bits per heavy atom. The normalized spacial score (nSPS) is 11.3. The van der Waals surface area contributed by atoms with Crippen molar-refractivity contribution in [3.63, 3.8) is 0 Å². The Kier molecular flexibility index (Phi) is 12.0. The Balaban J connectivity index is 1.36. The Bertz CT molecular complexity index is 1520. The Morgan fingerprint density at radius 1 is 0.864 bits per heavy atom. The molecule has 228 valence electrons. The number of anilines is 2. The molecule has 7 nitrogen and oxygen atoms in total. The van der Waals surface area contributed by atoms with Crippen molar-refractivity contribution in [3.05, 3.63) is 125 Å². The van der Waals surface area contributed by atoms with Crippen molar-refractivity contribution in [2.75, 3.05) is 30.5 Å². The largest absolute Gasteiger partial charge is 0.494 e. The average Bonchev–Trinajstić information content (AvgIpc) is 3.05. The molecule has 0 radical (unpaired) electrons. The van der Waals surface area contributed by atoms with E-state index < -0.39 is 12.0 Å². The van der Waals surface area contributed by atoms with Gasteiger partial charge in [-0.05, 0) is 66.9 Å². The second-order valence-electron chi connectivity index (χ2n) is 10.3. The van der Waals surface area contributed by atoms with Gasteiger partial charge in [-0.2, -0.15) is 0 Å². The predicted octanol–water partition coefficient (Wildman–Crippen LogP) is 7.37. The summed E-state index contributed by atoms with van der Waals surface area (Å²) in [6, 6.07) is 30.2. The molecule has 0 aliphatic heterocycles. The first-order valence-corrected chi connectivity index (χ1v) is 15.1. The van der Waals surface area contributed by atoms with Crippen LogP contribution in [0.4, 0.5) is 11.4 Å². The molecule has 0 saturated carbocycles. The maximum atomic E-state index is 13.2. The molecule has 4 rings (SSSR count). The summed E-state index contributed by atoms with van der Waals surface area (Å²) in [5, 5.41) is 3.86. The molecule has 0 heterocycles. The van der Waals surface area contributed by atoms with Crippen molar-refractivity contribution in [2.45, 2.75) is 38.6 Å². The highest BCUT2D eigenvalue weighted by molar-refractivity contribution is 6.30. The number of carbonyl (C=O) groups excluding carboxylic acids is 3. The van der Waals surface area contributed by atoms with Crippen LogP contribution in [-0.2, 0) is 20.7 Å². The fourth-order valence-electron chi connectivity index (χ4n) is 4.81. The van der Waals surface area contributed by atoms with Gasteiger partial charge in [-0.3, -0.25) is 9.59 Å². The summed E-state index contributed by atoms with van der Waals surface area (Å²) in [6.45, 7) is 2.95. The van der Waals surface area contributed by atoms with E-state index in [2.05, 4.69) is 5.32 Å². The number of methoxy groups -OCH3 is 1. The van der Waals surface area contributed by atoms with Crippen LogP contribution in [0.5, 0.6) is 5.75 Å². The number of carbonyl (C=O) groups is 3. The lowest BCUT2D eigenvalue weighted by atomic mass is 10.00. The van der Waals surface area contributed by atoms with Crippen molar-refractivity contribution in [3.8, 4) is 5.75 Å². The van der Waals surface area contributed by atoms with Gasteiger partial charge >= 0.3 is 5.97 Å². The van der Waals surface area contributed by atoms with Crippen molar-refractivity contribution in [1.82, 2.24) is 0 Å². The van der Waals surface area contributed by atoms with E-state index in [1.165, 1.54) is 7.11 Å². The van der Waals surface area contributed by atoms with E-state index in [0.717, 1.165) is 17.7 Å². The highest BCUT2D eigenvalue weighted by Crippen LogP contribution is 2.23. The lowest BCUT2D eigenvalue weighted by molar-refractivity contribution is -0.141. The quantitative estimate of drug-likeness (QED) is 0.0857. The number of hydrogen-bond acceptors (Lipinski definition) is 6. The van der Waals surface area contributed by atoms with Gasteiger partial charge in [-0.15, -0.1) is 0 Å². The first-order valence-electron chi connectivity index (χ1n) is 14.7. The molecule has 0 aromatic heterocycles. The van der Waals surface area contributed by atoms with Gasteiger partial charge in [0.25, 0.3) is 0 Å². The highest BCUT2D eigenvalue weighted by Gasteiger charge is 2.23. The van der Waals surface area contributed by atoms with Crippen LogP contribution in [-0.4, -0.2) is 44.0 Å². The summed E-state index contributed by atoms with van der Waals surface area (Å²) < 4.78 is 11.0. The fraction of sp³-hybridized carbons (Fsp3) is 0.250. The van der Waals surface area contributed by atoms with Crippen molar-refractivity contribution >= 4 is 40.6 Å². The topological polar surface area (TPSA) is 84.9 Å². The second kappa shape index (κ2) is 16.3. The summed E-state index contributed by atoms with van der Waals surface area (Å²) >= 11 is 6.03. The number of para-hydroxylation sites is 1. The number of rotatable bonds is 15. The van der Waals surface area contributed by atoms with Crippen molar-refractivity contribution < 1.29 is 23.9 Å². The zero-order valence-corrected chi connectivity index (χ0v) is 25.8. The van der Waals surface area contributed by atoms with Crippen molar-refractivity contribution in [2.24, 2.45) is 0 Å². The standard InChI is InChI=1S/C36H37ClN2O5/c1-3-10-34(40)39(29-19-17-28(37)18-20-29)23-9-24-44-30-21-15-26(16-22-30)25-33(36(42)43-2)38-32-14-8-7-13-31(32)35(41)27-11-5-4-6-12-27/h4-8,11-22,33,38H,3,9-10,23-25H2,1-2H3. The zero-order valence-electron chi connectivity index (χ0n) is 25.0. The third-order valence-electron chi connectivity index (χ3n) is 7.08. The third kappa shape index (κ3) is 8.94. The zero-order chi connectivity index (χ0) is 31.3. The van der Waals surface area contributed by atoms with Crippen LogP contribution < -0.4 is 15.0 Å². The monoisotopic (exact) mass is 612 g/mol. The van der Waals surface area contributed by atoms with Gasteiger partial charge in [0.15, 0.2) is 5.78 Å². The number of nitrogens with zero attached hydrogens (tertiary/aromatic N) is 1. The molecule has 0 bridgehead atoms. The van der Waals surface area contributed by atoms with E-state index in [0.29, 0.717) is 60.0 Å². The van der Waals surface area contributed by atoms with Crippen LogP contribution in [0.15, 0.2) is 103 Å². The molecule has 0 spiro atoms. The lowest BCUT2D eigenvalue weighted by Crippen LogP contribution is -2.33. The van der Waals surface area contributed by atoms with Crippen LogP contribution in [0.1, 0.15) is 47.7 Å². The first-order chi connectivity index (χ1) is 21.4. The number of esters is 1. The van der Waals surface area contributed by atoms with Crippen LogP contribution in [0.3, 0.4) is 0 Å². The molecule has 44 heavy (non-hydrogen) atoms. The van der Waals surface area contributed by atoms with Gasteiger partial charge < -0.3 is 19.7 Å². The van der Waals surface area contributed by atoms with Crippen LogP contribution >= 0.6 is 11.6 Å². The summed E-state index contributed by atoms with van der Waals surface area (Å²) in [5.74, 6) is 0.188. The van der Waals surface area contributed by atoms with E-state index in [9.17, 15) is 14.4 Å². The summed E-state index contributed by atoms with van der Waals surface area (Å²) in [4.78, 5) is 40.4. The Hall–Kier alpha value is -4.62. The molecule has 1 atom stereocenters. The number of amides is 1. The number of halogens is 1. The minimum Gasteiger partial charge on any atom is -0.494 e. The number of benzene rings is 4. The van der Waals surface area contributed by atoms with E-state index in [4.69, 9.17) is 21.1 Å². The molecule has 0 saturated heterocycles. The smallest absolute Gasteiger partial charge is 0.328 e. The van der Waals surface area contributed by atoms with Crippen LogP contribution in [0, 0.1) is 0 Å². The predicted molar refractivity (Wildman–Crippen MR) is 175 cm³/mol. The van der Waals surface area contributed by atoms with Crippen LogP contribution in [0.25, 0.3) is 0 Å². The molecular weight excluding hydrogens is 576 g/mol. The van der Waals surface area contributed by atoms with Gasteiger partial charge in [0.2, 0.25) is 5.91 Å². The van der Waals surface area contributed by atoms with E-state index >= 15 is 0 Å². The molecule has 0 fully saturated rings. The summed E-state index contributed by atoms with van der Waals surface area (Å²) in [6.07, 6.45) is 2.24. The highest BCUT2D eigenvalue weighted by atomic mass is 35.5. The van der Waals surface area contributed by atoms with E-state index in [1.807, 2.05) is 67.6 Å². The SMILES string of the molecule is CCCC(=O)N(CCCOc1ccc(CC(Nc2ccccc2C(=O)c2ccccc2)C(=O)OC)cc1)c1ccc(Cl)cc1. The summed E-state index contributed by atoms with van der Waals surface area (Å²) in [5.41, 5.74) is 3.31. The lowest BCUT2D eigenvalue weighted by Gasteiger charge is -2.23. The fourth-order valence-corrected chi connectivity index (χ4v) is 4.94. The third-order valence-corrected chi connectivity index (χ3v) is 7.34. The molecule has 1 amide bonds. The van der Waals surface area contributed by atoms with Gasteiger partial charge in [0, 0.05) is 46.9 Å². The first kappa shape index (κ1) is 32.3. The number of ether oxygens (including phenoxy) is 2. The molecule has 0 aliphatic rings. The van der Waals surface area contributed by atoms with Crippen LogP contribution in [0.2, 0.25) is 5.02 Å². The Labute approximate surface area is 263 Å². The van der Waals surface area contributed by atoms with Gasteiger partial charge in [-0.1, -0.05) is 73.1 Å². The van der Waals surface area contributed by atoms with E-state index in [1.54, 1.807) is 47.4 Å². The number of nitrogens with one attached hydrogen (secondary N) is 1. The van der Waals surface area contributed by atoms with Gasteiger partial charge in [0.05, 0.1) is 13.7 Å². The van der Waals surface area contributed by atoms with Gasteiger partial charge in [0.1, 0.15) is 11.8 Å². The molecule has 0 aliphatic carbocycles. The minimum absolute atomic E-state index is 0.0694. The Morgan fingerprint density at radius 3 is 2.23 bits per heavy atom. The molecular formula is C36H37ClN2O5. The molecule has 1 unspecified atom stereocenters. The number of ketones is 1. The molecule has 8 heteroatoms. The minimum atomic E-state index is -0.712. The molecule has 4 aromatic carbocycles. The van der Waals surface area contributed by atoms with E-state index in [-0.39, 0.29) is 11.7 Å². The number of hydrogen-bond donors (Lipinski definition) is 1. The molecule has 1 N–H and O–H groups in total. The maximum absolute atomic E-state index is 13.2.